The van der Waals surface area contributed by atoms with Gasteiger partial charge in [-0.25, -0.2) is 12.8 Å². The summed E-state index contributed by atoms with van der Waals surface area (Å²) in [4.78, 5) is 14.1. The van der Waals surface area contributed by atoms with Crippen LogP contribution in [0.2, 0.25) is 5.02 Å². The number of anilines is 1. The van der Waals surface area contributed by atoms with Gasteiger partial charge >= 0.3 is 0 Å². The summed E-state index contributed by atoms with van der Waals surface area (Å²) in [5, 5.41) is -0.275. The Balaban J connectivity index is 1.72. The number of nitrogens with one attached hydrogen (secondary N) is 1. The number of benzene rings is 2. The highest BCUT2D eigenvalue weighted by molar-refractivity contribution is 7.92. The number of rotatable bonds is 4. The molecule has 1 aliphatic heterocycles. The monoisotopic (exact) mass is 408 g/mol. The van der Waals surface area contributed by atoms with Crippen molar-refractivity contribution in [3.8, 4) is 0 Å². The number of hydrogen-bond donors (Lipinski definition) is 1. The Kier molecular flexibility index (Phi) is 5.53. The fraction of sp³-hybridized carbons (Fsp3) is 0.211. The van der Waals surface area contributed by atoms with Gasteiger partial charge in [0.15, 0.2) is 0 Å². The number of carbonyl (C=O) groups is 1. The van der Waals surface area contributed by atoms with E-state index in [0.717, 1.165) is 36.6 Å². The molecule has 2 aromatic carbocycles. The Morgan fingerprint density at radius 1 is 1.11 bits per heavy atom. The van der Waals surface area contributed by atoms with E-state index < -0.39 is 15.8 Å². The molecule has 5 nitrogen and oxygen atoms in total. The summed E-state index contributed by atoms with van der Waals surface area (Å²) in [7, 11) is -3.92. The predicted octanol–water partition coefficient (Wildman–Crippen LogP) is 4.07. The molecular formula is C19H18ClFN2O3S. The van der Waals surface area contributed by atoms with Crippen LogP contribution in [0.25, 0.3) is 0 Å². The van der Waals surface area contributed by atoms with Crippen LogP contribution in [0.3, 0.4) is 0 Å². The molecule has 0 unspecified atom stereocenters. The second-order valence-electron chi connectivity index (χ2n) is 6.30. The van der Waals surface area contributed by atoms with Gasteiger partial charge in [-0.2, -0.15) is 0 Å². The van der Waals surface area contributed by atoms with E-state index in [1.54, 1.807) is 17.0 Å². The van der Waals surface area contributed by atoms with Crippen LogP contribution in [0.1, 0.15) is 23.2 Å². The smallest absolute Gasteiger partial charge is 0.261 e. The molecule has 1 heterocycles. The summed E-state index contributed by atoms with van der Waals surface area (Å²) < 4.78 is 40.4. The van der Waals surface area contributed by atoms with Crippen molar-refractivity contribution in [2.75, 3.05) is 17.8 Å². The highest BCUT2D eigenvalue weighted by Crippen LogP contribution is 2.23. The van der Waals surface area contributed by atoms with Crippen molar-refractivity contribution in [1.82, 2.24) is 4.90 Å². The summed E-state index contributed by atoms with van der Waals surface area (Å²) in [6.45, 7) is 5.20. The van der Waals surface area contributed by atoms with E-state index in [4.69, 9.17) is 11.6 Å². The first-order valence-corrected chi connectivity index (χ1v) is 10.2. The lowest BCUT2D eigenvalue weighted by Gasteiger charge is -2.28. The summed E-state index contributed by atoms with van der Waals surface area (Å²) >= 11 is 5.65. The minimum Gasteiger partial charge on any atom is -0.338 e. The maximum absolute atomic E-state index is 13.2. The number of carbonyl (C=O) groups excluding carboxylic acids is 1. The third kappa shape index (κ3) is 4.48. The highest BCUT2D eigenvalue weighted by Gasteiger charge is 2.20. The first kappa shape index (κ1) is 19.4. The van der Waals surface area contributed by atoms with Crippen molar-refractivity contribution < 1.29 is 17.6 Å². The second-order valence-corrected chi connectivity index (χ2v) is 8.39. The molecule has 0 atom stereocenters. The fourth-order valence-corrected chi connectivity index (χ4v) is 4.08. The van der Waals surface area contributed by atoms with Gasteiger partial charge in [0, 0.05) is 24.3 Å². The summed E-state index contributed by atoms with van der Waals surface area (Å²) in [5.41, 5.74) is 1.92. The molecule has 0 saturated carbocycles. The lowest BCUT2D eigenvalue weighted by Crippen LogP contribution is -2.36. The average molecular weight is 409 g/mol. The van der Waals surface area contributed by atoms with Crippen molar-refractivity contribution in [3.63, 3.8) is 0 Å². The largest absolute Gasteiger partial charge is 0.338 e. The van der Waals surface area contributed by atoms with Crippen molar-refractivity contribution in [1.29, 1.82) is 0 Å². The molecule has 0 aromatic heterocycles. The molecular weight excluding hydrogens is 391 g/mol. The quantitative estimate of drug-likeness (QED) is 0.775. The number of sulfonamides is 1. The summed E-state index contributed by atoms with van der Waals surface area (Å²) in [5.74, 6) is -0.790. The molecule has 0 spiro atoms. The van der Waals surface area contributed by atoms with Crippen LogP contribution in [0.5, 0.6) is 0 Å². The fourth-order valence-electron chi connectivity index (χ4n) is 2.75. The maximum atomic E-state index is 13.2. The lowest BCUT2D eigenvalue weighted by atomic mass is 10.0. The van der Waals surface area contributed by atoms with E-state index in [-0.39, 0.29) is 15.8 Å². The highest BCUT2D eigenvalue weighted by atomic mass is 35.5. The number of hydrogen-bond acceptors (Lipinski definition) is 3. The molecule has 1 amide bonds. The zero-order valence-electron chi connectivity index (χ0n) is 14.4. The molecule has 3 rings (SSSR count). The zero-order valence-corrected chi connectivity index (χ0v) is 16.0. The topological polar surface area (TPSA) is 66.5 Å². The molecule has 1 saturated heterocycles. The molecule has 0 bridgehead atoms. The SMILES string of the molecule is C=C1CCN(C(=O)c2ccc(NS(=O)(=O)c3ccc(F)c(Cl)c3)cc2)CC1. The molecule has 2 aromatic rings. The molecule has 27 heavy (non-hydrogen) atoms. The molecule has 1 aliphatic rings. The van der Waals surface area contributed by atoms with Gasteiger partial charge in [-0.1, -0.05) is 23.8 Å². The number of piperidine rings is 1. The van der Waals surface area contributed by atoms with Gasteiger partial charge in [-0.05, 0) is 55.3 Å². The van der Waals surface area contributed by atoms with Crippen LogP contribution in [-0.2, 0) is 10.0 Å². The van der Waals surface area contributed by atoms with Crippen LogP contribution in [0.4, 0.5) is 10.1 Å². The van der Waals surface area contributed by atoms with E-state index in [1.807, 2.05) is 0 Å². The number of likely N-dealkylation sites (tertiary alicyclic amines) is 1. The van der Waals surface area contributed by atoms with E-state index in [0.29, 0.717) is 24.3 Å². The molecule has 0 aliphatic carbocycles. The Morgan fingerprint density at radius 3 is 2.33 bits per heavy atom. The third-order valence-corrected chi connectivity index (χ3v) is 6.01. The predicted molar refractivity (Wildman–Crippen MR) is 103 cm³/mol. The Labute approximate surface area is 162 Å². The van der Waals surface area contributed by atoms with Crippen LogP contribution in [0.15, 0.2) is 59.5 Å². The third-order valence-electron chi connectivity index (χ3n) is 4.34. The standard InChI is InChI=1S/C19H18ClFN2O3S/c1-13-8-10-23(11-9-13)19(24)14-2-4-15(5-3-14)22-27(25,26)16-6-7-18(21)17(20)12-16/h2-7,12,22H,1,8-11H2. The van der Waals surface area contributed by atoms with E-state index in [2.05, 4.69) is 11.3 Å². The lowest BCUT2D eigenvalue weighted by molar-refractivity contribution is 0.0744. The molecule has 142 valence electrons. The number of nitrogens with zero attached hydrogens (tertiary/aromatic N) is 1. The van der Waals surface area contributed by atoms with Crippen LogP contribution in [0, 0.1) is 5.82 Å². The van der Waals surface area contributed by atoms with Crippen molar-refractivity contribution >= 4 is 33.2 Å². The Morgan fingerprint density at radius 2 is 1.74 bits per heavy atom. The van der Waals surface area contributed by atoms with Crippen LogP contribution in [-0.4, -0.2) is 32.3 Å². The van der Waals surface area contributed by atoms with E-state index >= 15 is 0 Å². The number of halogens is 2. The van der Waals surface area contributed by atoms with Gasteiger partial charge in [0.2, 0.25) is 0 Å². The van der Waals surface area contributed by atoms with Gasteiger partial charge in [0.25, 0.3) is 15.9 Å². The average Bonchev–Trinajstić information content (AvgIpc) is 2.64. The van der Waals surface area contributed by atoms with Crippen LogP contribution < -0.4 is 4.72 Å². The zero-order chi connectivity index (χ0) is 19.6. The normalized spacial score (nSPS) is 14.9. The molecule has 1 fully saturated rings. The van der Waals surface area contributed by atoms with Gasteiger partial charge in [-0.15, -0.1) is 0 Å². The minimum atomic E-state index is -3.92. The first-order chi connectivity index (χ1) is 12.8. The Hall–Kier alpha value is -2.38. The summed E-state index contributed by atoms with van der Waals surface area (Å²) in [6.07, 6.45) is 1.59. The second kappa shape index (κ2) is 7.70. The number of amides is 1. The van der Waals surface area contributed by atoms with Gasteiger partial charge in [0.05, 0.1) is 9.92 Å². The molecule has 8 heteroatoms. The molecule has 1 N–H and O–H groups in total. The summed E-state index contributed by atoms with van der Waals surface area (Å²) in [6, 6.07) is 9.33. The van der Waals surface area contributed by atoms with Crippen molar-refractivity contribution in [2.45, 2.75) is 17.7 Å². The van der Waals surface area contributed by atoms with Crippen molar-refractivity contribution in [2.24, 2.45) is 0 Å². The maximum Gasteiger partial charge on any atom is 0.261 e. The first-order valence-electron chi connectivity index (χ1n) is 8.30. The van der Waals surface area contributed by atoms with Crippen LogP contribution >= 0.6 is 11.6 Å². The van der Waals surface area contributed by atoms with Gasteiger partial charge in [-0.3, -0.25) is 9.52 Å². The van der Waals surface area contributed by atoms with E-state index in [1.165, 1.54) is 12.1 Å². The van der Waals surface area contributed by atoms with Crippen molar-refractivity contribution in [3.05, 3.63) is 71.0 Å². The van der Waals surface area contributed by atoms with Gasteiger partial charge < -0.3 is 4.90 Å². The Bertz CT molecular complexity index is 981. The van der Waals surface area contributed by atoms with E-state index in [9.17, 15) is 17.6 Å². The molecule has 0 radical (unpaired) electrons. The van der Waals surface area contributed by atoms with Gasteiger partial charge in [0.1, 0.15) is 5.82 Å². The minimum absolute atomic E-state index is 0.0952.